The van der Waals surface area contributed by atoms with Gasteiger partial charge < -0.3 is 10.3 Å². The number of halogens is 2. The van der Waals surface area contributed by atoms with Crippen molar-refractivity contribution in [3.05, 3.63) is 61.0 Å². The van der Waals surface area contributed by atoms with Gasteiger partial charge in [0, 0.05) is 41.0 Å². The van der Waals surface area contributed by atoms with E-state index in [1.165, 1.54) is 0 Å². The van der Waals surface area contributed by atoms with Crippen LogP contribution in [-0.4, -0.2) is 27.2 Å². The molecule has 0 saturated carbocycles. The van der Waals surface area contributed by atoms with Crippen LogP contribution >= 0.6 is 23.2 Å². The van der Waals surface area contributed by atoms with Gasteiger partial charge in [0.15, 0.2) is 0 Å². The predicted octanol–water partition coefficient (Wildman–Crippen LogP) is 3.48. The number of fused-ring (bicyclic) bond motifs is 1. The zero-order valence-corrected chi connectivity index (χ0v) is 17.5. The number of rotatable bonds is 6. The van der Waals surface area contributed by atoms with Crippen molar-refractivity contribution in [2.24, 2.45) is 7.05 Å². The minimum atomic E-state index is -0.172. The number of nitrogens with zero attached hydrogens (tertiary/aromatic N) is 2. The fraction of sp³-hybridized carbons (Fsp3) is 0.350. The predicted molar refractivity (Wildman–Crippen MR) is 112 cm³/mol. The second-order valence-electron chi connectivity index (χ2n) is 6.83. The van der Waals surface area contributed by atoms with E-state index >= 15 is 0 Å². The Labute approximate surface area is 172 Å². The summed E-state index contributed by atoms with van der Waals surface area (Å²) in [6.07, 6.45) is 1.23. The molecule has 3 rings (SSSR count). The molecular formula is C20H22Cl2N4O2. The van der Waals surface area contributed by atoms with E-state index in [4.69, 9.17) is 23.2 Å². The molecular weight excluding hydrogens is 399 g/mol. The molecule has 0 fully saturated rings. The van der Waals surface area contributed by atoms with E-state index in [9.17, 15) is 9.59 Å². The Bertz CT molecular complexity index is 1100. The normalized spacial score (nSPS) is 11.2. The summed E-state index contributed by atoms with van der Waals surface area (Å²) in [7, 11) is 1.80. The van der Waals surface area contributed by atoms with Gasteiger partial charge in [-0.25, -0.2) is 0 Å². The van der Waals surface area contributed by atoms with Crippen LogP contribution in [0.3, 0.4) is 0 Å². The summed E-state index contributed by atoms with van der Waals surface area (Å²) in [5.74, 6) is -0.105. The molecule has 0 bridgehead atoms. The molecule has 2 N–H and O–H groups in total. The Morgan fingerprint density at radius 3 is 2.71 bits per heavy atom. The maximum Gasteiger partial charge on any atom is 0.253 e. The number of aromatic nitrogens is 3. The highest BCUT2D eigenvalue weighted by atomic mass is 35.5. The third kappa shape index (κ3) is 4.23. The molecule has 0 atom stereocenters. The molecule has 2 aromatic heterocycles. The molecule has 0 saturated heterocycles. The number of hydrogen-bond donors (Lipinski definition) is 2. The average Bonchev–Trinajstić information content (AvgIpc) is 2.90. The number of H-pyrrole nitrogens is 1. The first kappa shape index (κ1) is 20.4. The molecule has 148 valence electrons. The van der Waals surface area contributed by atoms with Crippen molar-refractivity contribution in [3.8, 4) is 0 Å². The second kappa shape index (κ2) is 8.37. The summed E-state index contributed by atoms with van der Waals surface area (Å²) < 4.78 is 1.66. The lowest BCUT2D eigenvalue weighted by Crippen LogP contribution is -2.27. The van der Waals surface area contributed by atoms with Gasteiger partial charge in [-0.15, -0.1) is 0 Å². The average molecular weight is 421 g/mol. The fourth-order valence-corrected chi connectivity index (χ4v) is 3.95. The van der Waals surface area contributed by atoms with Crippen molar-refractivity contribution in [2.75, 3.05) is 6.54 Å². The molecule has 2 heterocycles. The third-order valence-corrected chi connectivity index (χ3v) is 5.48. The zero-order chi connectivity index (χ0) is 20.4. The van der Waals surface area contributed by atoms with Crippen molar-refractivity contribution in [1.82, 2.24) is 20.1 Å². The maximum absolute atomic E-state index is 12.4. The monoisotopic (exact) mass is 420 g/mol. The van der Waals surface area contributed by atoms with Crippen LogP contribution in [0.15, 0.2) is 23.0 Å². The summed E-state index contributed by atoms with van der Waals surface area (Å²) in [5.41, 5.74) is 3.82. The largest absolute Gasteiger partial charge is 0.356 e. The molecule has 28 heavy (non-hydrogen) atoms. The van der Waals surface area contributed by atoms with Crippen LogP contribution in [0.1, 0.15) is 28.8 Å². The van der Waals surface area contributed by atoms with E-state index in [1.54, 1.807) is 23.9 Å². The van der Waals surface area contributed by atoms with Crippen LogP contribution < -0.4 is 10.9 Å². The summed E-state index contributed by atoms with van der Waals surface area (Å²) in [4.78, 5) is 27.5. The van der Waals surface area contributed by atoms with Gasteiger partial charge >= 0.3 is 0 Å². The molecule has 6 nitrogen and oxygen atoms in total. The summed E-state index contributed by atoms with van der Waals surface area (Å²) in [5, 5.41) is 9.34. The Morgan fingerprint density at radius 2 is 2.00 bits per heavy atom. The topological polar surface area (TPSA) is 79.8 Å². The Balaban J connectivity index is 1.61. The maximum atomic E-state index is 12.4. The third-order valence-electron chi connectivity index (χ3n) is 4.89. The smallest absolute Gasteiger partial charge is 0.253 e. The number of aromatic amines is 1. The molecule has 0 unspecified atom stereocenters. The molecule has 0 aliphatic carbocycles. The van der Waals surface area contributed by atoms with E-state index in [1.807, 2.05) is 19.9 Å². The number of carbonyl (C=O) groups is 1. The number of aryl methyl sites for hydroxylation is 3. The number of carbonyl (C=O) groups excluding carboxylic acids is 1. The minimum Gasteiger partial charge on any atom is -0.356 e. The Hall–Kier alpha value is -2.31. The molecule has 0 aliphatic rings. The van der Waals surface area contributed by atoms with Crippen LogP contribution in [0.5, 0.6) is 0 Å². The SMILES string of the molecule is Cc1nn(C)c2[nH]c(=O)c(CCC(=O)NCCc3ccc(Cl)cc3Cl)c(C)c12. The summed E-state index contributed by atoms with van der Waals surface area (Å²) >= 11 is 12.0. The minimum absolute atomic E-state index is 0.105. The lowest BCUT2D eigenvalue weighted by atomic mass is 10.0. The van der Waals surface area contributed by atoms with Crippen molar-refractivity contribution >= 4 is 40.1 Å². The van der Waals surface area contributed by atoms with Gasteiger partial charge in [0.1, 0.15) is 5.65 Å². The van der Waals surface area contributed by atoms with Gasteiger partial charge in [-0.3, -0.25) is 14.3 Å². The van der Waals surface area contributed by atoms with E-state index in [-0.39, 0.29) is 17.9 Å². The highest BCUT2D eigenvalue weighted by molar-refractivity contribution is 6.35. The first-order valence-corrected chi connectivity index (χ1v) is 9.79. The molecule has 1 aromatic carbocycles. The number of amides is 1. The van der Waals surface area contributed by atoms with Crippen LogP contribution in [0.2, 0.25) is 10.0 Å². The number of pyridine rings is 1. The highest BCUT2D eigenvalue weighted by Crippen LogP contribution is 2.22. The van der Waals surface area contributed by atoms with Crippen LogP contribution in [0.4, 0.5) is 0 Å². The molecule has 0 spiro atoms. The lowest BCUT2D eigenvalue weighted by molar-refractivity contribution is -0.121. The van der Waals surface area contributed by atoms with Crippen molar-refractivity contribution < 1.29 is 4.79 Å². The number of hydrogen-bond acceptors (Lipinski definition) is 3. The van der Waals surface area contributed by atoms with Crippen molar-refractivity contribution in [3.63, 3.8) is 0 Å². The number of benzene rings is 1. The summed E-state index contributed by atoms with van der Waals surface area (Å²) in [6.45, 7) is 4.28. The Kier molecular flexibility index (Phi) is 6.10. The standard InChI is InChI=1S/C20H22Cl2N4O2/c1-11-15(20(28)24-19-18(11)12(2)25-26(19)3)6-7-17(27)23-9-8-13-4-5-14(21)10-16(13)22/h4-5,10H,6-9H2,1-3H3,(H,23,27)(H,24,28). The van der Waals surface area contributed by atoms with E-state index in [0.29, 0.717) is 40.6 Å². The van der Waals surface area contributed by atoms with Crippen LogP contribution in [0, 0.1) is 13.8 Å². The van der Waals surface area contributed by atoms with Gasteiger partial charge in [0.2, 0.25) is 5.91 Å². The van der Waals surface area contributed by atoms with Gasteiger partial charge in [-0.05, 0) is 49.9 Å². The molecule has 0 aliphatic heterocycles. The van der Waals surface area contributed by atoms with E-state index in [0.717, 1.165) is 22.2 Å². The molecule has 8 heteroatoms. The second-order valence-corrected chi connectivity index (χ2v) is 7.67. The molecule has 3 aromatic rings. The van der Waals surface area contributed by atoms with Gasteiger partial charge in [0.05, 0.1) is 5.69 Å². The van der Waals surface area contributed by atoms with Gasteiger partial charge in [-0.2, -0.15) is 5.10 Å². The Morgan fingerprint density at radius 1 is 1.25 bits per heavy atom. The molecule has 0 radical (unpaired) electrons. The van der Waals surface area contributed by atoms with Crippen LogP contribution in [-0.2, 0) is 24.7 Å². The van der Waals surface area contributed by atoms with E-state index in [2.05, 4.69) is 15.4 Å². The molecule has 1 amide bonds. The quantitative estimate of drug-likeness (QED) is 0.640. The lowest BCUT2D eigenvalue weighted by Gasteiger charge is -2.09. The van der Waals surface area contributed by atoms with E-state index < -0.39 is 0 Å². The van der Waals surface area contributed by atoms with Crippen LogP contribution in [0.25, 0.3) is 11.0 Å². The zero-order valence-electron chi connectivity index (χ0n) is 16.0. The van der Waals surface area contributed by atoms with Gasteiger partial charge in [-0.1, -0.05) is 29.3 Å². The summed E-state index contributed by atoms with van der Waals surface area (Å²) in [6, 6.07) is 5.31. The first-order chi connectivity index (χ1) is 13.3. The fourth-order valence-electron chi connectivity index (χ4n) is 3.44. The van der Waals surface area contributed by atoms with Crippen molar-refractivity contribution in [2.45, 2.75) is 33.1 Å². The number of nitrogens with one attached hydrogen (secondary N) is 2. The highest BCUT2D eigenvalue weighted by Gasteiger charge is 2.15. The first-order valence-electron chi connectivity index (χ1n) is 9.03. The van der Waals surface area contributed by atoms with Crippen molar-refractivity contribution in [1.29, 1.82) is 0 Å². The van der Waals surface area contributed by atoms with Gasteiger partial charge in [0.25, 0.3) is 5.56 Å².